The van der Waals surface area contributed by atoms with Gasteiger partial charge in [0.25, 0.3) is 0 Å². The number of hydrogen-bond acceptors (Lipinski definition) is 3. The van der Waals surface area contributed by atoms with Crippen LogP contribution in [0.15, 0.2) is 24.7 Å². The van der Waals surface area contributed by atoms with Gasteiger partial charge in [0.2, 0.25) is 0 Å². The van der Waals surface area contributed by atoms with Crippen LogP contribution in [0.1, 0.15) is 24.0 Å². The monoisotopic (exact) mass is 316 g/mol. The Hall–Kier alpha value is -1.60. The average Bonchev–Trinajstić information content (AvgIpc) is 3.10. The highest BCUT2D eigenvalue weighted by molar-refractivity contribution is 6.31. The predicted molar refractivity (Wildman–Crippen MR) is 71.2 cm³/mol. The molecule has 0 spiro atoms. The summed E-state index contributed by atoms with van der Waals surface area (Å²) < 4.78 is 38.8. The van der Waals surface area contributed by atoms with Crippen LogP contribution in [-0.2, 0) is 12.7 Å². The molecular weight excluding hydrogens is 305 g/mol. The van der Waals surface area contributed by atoms with E-state index in [1.54, 1.807) is 6.07 Å². The number of alkyl halides is 3. The maximum Gasteiger partial charge on any atom is 0.419 e. The molecule has 0 amide bonds. The molecule has 2 aromatic heterocycles. The lowest BCUT2D eigenvalue weighted by Gasteiger charge is -2.08. The summed E-state index contributed by atoms with van der Waals surface area (Å²) in [6.45, 7) is 0.562. The summed E-state index contributed by atoms with van der Waals surface area (Å²) in [6.07, 6.45) is 0.983. The molecule has 1 aliphatic carbocycles. The molecule has 21 heavy (non-hydrogen) atoms. The van der Waals surface area contributed by atoms with Crippen LogP contribution in [0.25, 0.3) is 5.82 Å². The largest absolute Gasteiger partial charge is 0.419 e. The molecule has 2 aromatic rings. The van der Waals surface area contributed by atoms with Crippen LogP contribution < -0.4 is 5.32 Å². The molecule has 1 N–H and O–H groups in total. The molecule has 0 aromatic carbocycles. The smallest absolute Gasteiger partial charge is 0.310 e. The fraction of sp³-hybridized carbons (Fsp3) is 0.385. The molecular formula is C13H12ClF3N4. The van der Waals surface area contributed by atoms with Crippen molar-refractivity contribution in [2.45, 2.75) is 31.6 Å². The van der Waals surface area contributed by atoms with E-state index in [1.165, 1.54) is 6.20 Å². The van der Waals surface area contributed by atoms with Gasteiger partial charge >= 0.3 is 6.18 Å². The number of aromatic nitrogens is 3. The summed E-state index contributed by atoms with van der Waals surface area (Å²) in [5, 5.41) is 7.48. The van der Waals surface area contributed by atoms with Crippen molar-refractivity contribution in [1.82, 2.24) is 20.1 Å². The first-order valence-electron chi connectivity index (χ1n) is 6.43. The SMILES string of the molecule is FC(F)(F)c1cnn(-c2cc(CNC3CC3)c(Cl)cn2)c1. The third-order valence-electron chi connectivity index (χ3n) is 3.22. The Bertz CT molecular complexity index is 649. The molecule has 0 radical (unpaired) electrons. The summed E-state index contributed by atoms with van der Waals surface area (Å²) in [5.41, 5.74) is -0.0190. The molecule has 1 fully saturated rings. The third-order valence-corrected chi connectivity index (χ3v) is 3.56. The topological polar surface area (TPSA) is 42.7 Å². The lowest BCUT2D eigenvalue weighted by atomic mass is 10.2. The first-order valence-corrected chi connectivity index (χ1v) is 6.81. The molecule has 2 heterocycles. The maximum absolute atomic E-state index is 12.6. The van der Waals surface area contributed by atoms with E-state index in [1.807, 2.05) is 0 Å². The zero-order chi connectivity index (χ0) is 15.0. The Morgan fingerprint density at radius 3 is 2.71 bits per heavy atom. The summed E-state index contributed by atoms with van der Waals surface area (Å²) >= 11 is 6.05. The Kier molecular flexibility index (Phi) is 3.62. The second kappa shape index (κ2) is 5.31. The third kappa shape index (κ3) is 3.36. The molecule has 112 valence electrons. The minimum atomic E-state index is -4.42. The highest BCUT2D eigenvalue weighted by Crippen LogP contribution is 2.29. The van der Waals surface area contributed by atoms with Gasteiger partial charge in [0, 0.05) is 25.0 Å². The molecule has 4 nitrogen and oxygen atoms in total. The Morgan fingerprint density at radius 2 is 2.10 bits per heavy atom. The molecule has 1 saturated carbocycles. The van der Waals surface area contributed by atoms with Gasteiger partial charge in [0.15, 0.2) is 5.82 Å². The van der Waals surface area contributed by atoms with E-state index in [0.717, 1.165) is 35.5 Å². The number of pyridine rings is 1. The zero-order valence-corrected chi connectivity index (χ0v) is 11.6. The van der Waals surface area contributed by atoms with Crippen molar-refractivity contribution >= 4 is 11.6 Å². The van der Waals surface area contributed by atoms with Gasteiger partial charge < -0.3 is 5.32 Å². The van der Waals surface area contributed by atoms with Gasteiger partial charge in [-0.15, -0.1) is 0 Å². The van der Waals surface area contributed by atoms with Crippen molar-refractivity contribution in [3.8, 4) is 5.82 Å². The van der Waals surface area contributed by atoms with E-state index < -0.39 is 11.7 Å². The summed E-state index contributed by atoms with van der Waals surface area (Å²) in [6, 6.07) is 2.16. The Labute approximate surface area is 123 Å². The molecule has 0 unspecified atom stereocenters. The predicted octanol–water partition coefficient (Wildman–Crippen LogP) is 3.19. The maximum atomic E-state index is 12.6. The van der Waals surface area contributed by atoms with Crippen molar-refractivity contribution in [3.05, 3.63) is 40.8 Å². The molecule has 0 bridgehead atoms. The van der Waals surface area contributed by atoms with Crippen LogP contribution in [0, 0.1) is 0 Å². The number of nitrogens with zero attached hydrogens (tertiary/aromatic N) is 3. The van der Waals surface area contributed by atoms with Gasteiger partial charge in [-0.3, -0.25) is 0 Å². The molecule has 0 atom stereocenters. The molecule has 3 rings (SSSR count). The van der Waals surface area contributed by atoms with Crippen molar-refractivity contribution < 1.29 is 13.2 Å². The average molecular weight is 317 g/mol. The quantitative estimate of drug-likeness (QED) is 0.942. The first kappa shape index (κ1) is 14.3. The standard InChI is InChI=1S/C13H12ClF3N4/c14-11-6-19-12(3-8(11)4-18-10-1-2-10)21-7-9(5-20-21)13(15,16)17/h3,5-7,10,18H,1-2,4H2. The molecule has 0 saturated heterocycles. The van der Waals surface area contributed by atoms with E-state index in [2.05, 4.69) is 15.4 Å². The van der Waals surface area contributed by atoms with Crippen LogP contribution in [0.5, 0.6) is 0 Å². The van der Waals surface area contributed by atoms with Gasteiger partial charge in [-0.05, 0) is 24.5 Å². The van der Waals surface area contributed by atoms with Crippen LogP contribution in [-0.4, -0.2) is 20.8 Å². The van der Waals surface area contributed by atoms with Crippen molar-refractivity contribution in [1.29, 1.82) is 0 Å². The van der Waals surface area contributed by atoms with Crippen LogP contribution >= 0.6 is 11.6 Å². The van der Waals surface area contributed by atoms with Gasteiger partial charge in [-0.25, -0.2) is 9.67 Å². The second-order valence-corrected chi connectivity index (χ2v) is 5.37. The van der Waals surface area contributed by atoms with E-state index in [0.29, 0.717) is 23.4 Å². The van der Waals surface area contributed by atoms with Crippen LogP contribution in [0.4, 0.5) is 13.2 Å². The van der Waals surface area contributed by atoms with E-state index in [9.17, 15) is 13.2 Å². The van der Waals surface area contributed by atoms with Gasteiger partial charge in [-0.2, -0.15) is 18.3 Å². The molecule has 0 aliphatic heterocycles. The van der Waals surface area contributed by atoms with Crippen molar-refractivity contribution in [2.75, 3.05) is 0 Å². The lowest BCUT2D eigenvalue weighted by Crippen LogP contribution is -2.16. The van der Waals surface area contributed by atoms with E-state index in [-0.39, 0.29) is 0 Å². The number of nitrogens with one attached hydrogen (secondary N) is 1. The van der Waals surface area contributed by atoms with E-state index in [4.69, 9.17) is 11.6 Å². The van der Waals surface area contributed by atoms with Crippen LogP contribution in [0.2, 0.25) is 5.02 Å². The molecule has 8 heteroatoms. The van der Waals surface area contributed by atoms with Gasteiger partial charge in [0.05, 0.1) is 16.8 Å². The number of halogens is 4. The number of rotatable bonds is 4. The lowest BCUT2D eigenvalue weighted by molar-refractivity contribution is -0.137. The molecule has 1 aliphatic rings. The van der Waals surface area contributed by atoms with E-state index >= 15 is 0 Å². The Morgan fingerprint density at radius 1 is 1.33 bits per heavy atom. The van der Waals surface area contributed by atoms with Gasteiger partial charge in [-0.1, -0.05) is 11.6 Å². The Balaban J connectivity index is 1.84. The normalized spacial score (nSPS) is 15.4. The number of hydrogen-bond donors (Lipinski definition) is 1. The minimum Gasteiger partial charge on any atom is -0.310 e. The van der Waals surface area contributed by atoms with Crippen LogP contribution in [0.3, 0.4) is 0 Å². The minimum absolute atomic E-state index is 0.308. The first-order chi connectivity index (χ1) is 9.93. The summed E-state index contributed by atoms with van der Waals surface area (Å²) in [4.78, 5) is 4.02. The highest BCUT2D eigenvalue weighted by Gasteiger charge is 2.32. The summed E-state index contributed by atoms with van der Waals surface area (Å²) in [7, 11) is 0. The fourth-order valence-electron chi connectivity index (χ4n) is 1.86. The van der Waals surface area contributed by atoms with Crippen molar-refractivity contribution in [2.24, 2.45) is 0 Å². The zero-order valence-electron chi connectivity index (χ0n) is 10.9. The second-order valence-electron chi connectivity index (χ2n) is 4.96. The summed E-state index contributed by atoms with van der Waals surface area (Å²) in [5.74, 6) is 0.308. The fourth-order valence-corrected chi connectivity index (χ4v) is 2.03. The van der Waals surface area contributed by atoms with Gasteiger partial charge in [0.1, 0.15) is 0 Å². The van der Waals surface area contributed by atoms with Crippen molar-refractivity contribution in [3.63, 3.8) is 0 Å². The highest BCUT2D eigenvalue weighted by atomic mass is 35.5.